The molecule has 0 aromatic carbocycles. The van der Waals surface area contributed by atoms with Gasteiger partial charge >= 0.3 is 0 Å². The number of hydrogen-bond acceptors (Lipinski definition) is 5. The molecule has 145 valence electrons. The van der Waals surface area contributed by atoms with E-state index < -0.39 is 0 Å². The largest absolute Gasteiger partial charge is 0.379 e. The quantitative estimate of drug-likeness (QED) is 0.632. The van der Waals surface area contributed by atoms with E-state index in [0.717, 1.165) is 52.6 Å². The molecule has 3 aliphatic rings. The van der Waals surface area contributed by atoms with Gasteiger partial charge in [0.25, 0.3) is 0 Å². The molecule has 3 aliphatic heterocycles. The monoisotopic (exact) mass is 352 g/mol. The van der Waals surface area contributed by atoms with Crippen LogP contribution in [0.3, 0.4) is 0 Å². The number of piperidine rings is 1. The summed E-state index contributed by atoms with van der Waals surface area (Å²) in [5, 5.41) is 0. The van der Waals surface area contributed by atoms with Crippen LogP contribution < -0.4 is 0 Å². The van der Waals surface area contributed by atoms with Crippen molar-refractivity contribution in [3.05, 3.63) is 5.92 Å². The normalized spacial score (nSPS) is 24.8. The van der Waals surface area contributed by atoms with Gasteiger partial charge in [0, 0.05) is 32.7 Å². The Morgan fingerprint density at radius 3 is 1.84 bits per heavy atom. The van der Waals surface area contributed by atoms with E-state index in [1.54, 1.807) is 5.92 Å². The van der Waals surface area contributed by atoms with Crippen LogP contribution in [0, 0.1) is 5.92 Å². The van der Waals surface area contributed by atoms with Crippen molar-refractivity contribution in [2.45, 2.75) is 38.5 Å². The number of likely N-dealkylation sites (tertiary alicyclic amines) is 1. The van der Waals surface area contributed by atoms with Crippen molar-refractivity contribution >= 4 is 0 Å². The third kappa shape index (κ3) is 7.51. The van der Waals surface area contributed by atoms with Crippen LogP contribution in [0.5, 0.6) is 0 Å². The lowest BCUT2D eigenvalue weighted by molar-refractivity contribution is 0.0356. The third-order valence-corrected chi connectivity index (χ3v) is 5.89. The zero-order chi connectivity index (χ0) is 17.2. The minimum absolute atomic E-state index is 0.915. The average molecular weight is 353 g/mol. The maximum Gasteiger partial charge on any atom is 0.0594 e. The summed E-state index contributed by atoms with van der Waals surface area (Å²) in [5.74, 6) is 1.78. The second-order valence-electron chi connectivity index (χ2n) is 7.85. The molecule has 3 heterocycles. The van der Waals surface area contributed by atoms with Gasteiger partial charge in [0.1, 0.15) is 0 Å². The Bertz CT molecular complexity index is 338. The Morgan fingerprint density at radius 1 is 0.600 bits per heavy atom. The summed E-state index contributed by atoms with van der Waals surface area (Å²) in [6.45, 7) is 14.5. The standard InChI is InChI=1S/C20H38N3O2/c1-2-7-23(8-3-1)19-20(6-10-22-13-17-25-18-14-22)5-4-9-21-11-15-24-16-12-21/h1-19H2. The molecule has 0 saturated carbocycles. The fourth-order valence-electron chi connectivity index (χ4n) is 4.24. The highest BCUT2D eigenvalue weighted by atomic mass is 16.5. The summed E-state index contributed by atoms with van der Waals surface area (Å²) >= 11 is 0. The number of nitrogens with zero attached hydrogens (tertiary/aromatic N) is 3. The smallest absolute Gasteiger partial charge is 0.0594 e. The lowest BCUT2D eigenvalue weighted by Crippen LogP contribution is -2.39. The van der Waals surface area contributed by atoms with Crippen molar-refractivity contribution in [1.29, 1.82) is 0 Å². The van der Waals surface area contributed by atoms with Crippen LogP contribution in [0.4, 0.5) is 0 Å². The van der Waals surface area contributed by atoms with Crippen LogP contribution >= 0.6 is 0 Å². The molecule has 1 radical (unpaired) electrons. The zero-order valence-corrected chi connectivity index (χ0v) is 16.1. The van der Waals surface area contributed by atoms with Gasteiger partial charge in [0.15, 0.2) is 0 Å². The molecule has 0 bridgehead atoms. The Kier molecular flexibility index (Phi) is 9.00. The lowest BCUT2D eigenvalue weighted by Gasteiger charge is -2.33. The van der Waals surface area contributed by atoms with Crippen molar-refractivity contribution in [3.8, 4) is 0 Å². The van der Waals surface area contributed by atoms with E-state index in [9.17, 15) is 0 Å². The Morgan fingerprint density at radius 2 is 1.20 bits per heavy atom. The second kappa shape index (κ2) is 11.5. The van der Waals surface area contributed by atoms with Crippen LogP contribution in [0.1, 0.15) is 38.5 Å². The lowest BCUT2D eigenvalue weighted by atomic mass is 9.96. The summed E-state index contributed by atoms with van der Waals surface area (Å²) in [6.07, 6.45) is 8.11. The van der Waals surface area contributed by atoms with Crippen LogP contribution in [0.2, 0.25) is 0 Å². The SMILES string of the molecule is C1CCN(C[C](CCCN2CCOCC2)CCN2CCOCC2)CC1. The van der Waals surface area contributed by atoms with Crippen molar-refractivity contribution < 1.29 is 9.47 Å². The second-order valence-corrected chi connectivity index (χ2v) is 7.85. The average Bonchev–Trinajstić information content (AvgIpc) is 2.68. The van der Waals surface area contributed by atoms with Gasteiger partial charge in [-0.15, -0.1) is 0 Å². The van der Waals surface area contributed by atoms with Gasteiger partial charge in [-0.05, 0) is 64.2 Å². The van der Waals surface area contributed by atoms with Gasteiger partial charge in [0.2, 0.25) is 0 Å². The molecule has 0 aliphatic carbocycles. The van der Waals surface area contributed by atoms with Crippen LogP contribution in [-0.4, -0.2) is 100 Å². The molecule has 25 heavy (non-hydrogen) atoms. The maximum atomic E-state index is 5.49. The van der Waals surface area contributed by atoms with Crippen molar-refractivity contribution in [2.75, 3.05) is 85.3 Å². The van der Waals surface area contributed by atoms with Gasteiger partial charge in [-0.2, -0.15) is 0 Å². The first-order chi connectivity index (χ1) is 12.4. The molecule has 0 N–H and O–H groups in total. The van der Waals surface area contributed by atoms with Crippen LogP contribution in [-0.2, 0) is 9.47 Å². The molecular weight excluding hydrogens is 314 g/mol. The molecule has 0 spiro atoms. The summed E-state index contributed by atoms with van der Waals surface area (Å²) < 4.78 is 11.0. The zero-order valence-electron chi connectivity index (χ0n) is 16.1. The summed E-state index contributed by atoms with van der Waals surface area (Å²) in [4.78, 5) is 7.86. The minimum atomic E-state index is 0.915. The van der Waals surface area contributed by atoms with E-state index >= 15 is 0 Å². The third-order valence-electron chi connectivity index (χ3n) is 5.89. The number of morpholine rings is 2. The Hall–Kier alpha value is -0.200. The fraction of sp³-hybridized carbons (Fsp3) is 0.950. The fourth-order valence-corrected chi connectivity index (χ4v) is 4.24. The molecule has 0 aromatic heterocycles. The predicted molar refractivity (Wildman–Crippen MR) is 102 cm³/mol. The van der Waals surface area contributed by atoms with Gasteiger partial charge in [-0.25, -0.2) is 0 Å². The van der Waals surface area contributed by atoms with Gasteiger partial charge in [0.05, 0.1) is 26.4 Å². The van der Waals surface area contributed by atoms with E-state index in [1.807, 2.05) is 0 Å². The summed E-state index contributed by atoms with van der Waals surface area (Å²) in [5.41, 5.74) is 0. The van der Waals surface area contributed by atoms with Crippen molar-refractivity contribution in [1.82, 2.24) is 14.7 Å². The Labute approximate surface area is 154 Å². The number of hydrogen-bond donors (Lipinski definition) is 0. The molecule has 0 aromatic rings. The molecule has 3 saturated heterocycles. The van der Waals surface area contributed by atoms with E-state index in [1.165, 1.54) is 71.2 Å². The molecule has 0 atom stereocenters. The minimum Gasteiger partial charge on any atom is -0.379 e. The number of rotatable bonds is 9. The first-order valence-corrected chi connectivity index (χ1v) is 10.6. The molecule has 3 rings (SSSR count). The summed E-state index contributed by atoms with van der Waals surface area (Å²) in [7, 11) is 0. The highest BCUT2D eigenvalue weighted by molar-refractivity contribution is 4.94. The van der Waals surface area contributed by atoms with Crippen molar-refractivity contribution in [3.63, 3.8) is 0 Å². The van der Waals surface area contributed by atoms with Crippen molar-refractivity contribution in [2.24, 2.45) is 0 Å². The van der Waals surface area contributed by atoms with E-state index in [4.69, 9.17) is 9.47 Å². The predicted octanol–water partition coefficient (Wildman–Crippen LogP) is 1.88. The molecular formula is C20H38N3O2. The molecule has 0 amide bonds. The molecule has 5 heteroatoms. The van der Waals surface area contributed by atoms with Gasteiger partial charge in [-0.1, -0.05) is 6.42 Å². The first kappa shape index (κ1) is 19.6. The van der Waals surface area contributed by atoms with Gasteiger partial charge in [-0.3, -0.25) is 9.80 Å². The number of ether oxygens (including phenoxy) is 2. The van der Waals surface area contributed by atoms with Crippen LogP contribution in [0.25, 0.3) is 0 Å². The highest BCUT2D eigenvalue weighted by Crippen LogP contribution is 2.20. The summed E-state index contributed by atoms with van der Waals surface area (Å²) in [6, 6.07) is 0. The Balaban J connectivity index is 1.39. The molecule has 3 fully saturated rings. The molecule has 5 nitrogen and oxygen atoms in total. The first-order valence-electron chi connectivity index (χ1n) is 10.6. The van der Waals surface area contributed by atoms with Gasteiger partial charge < -0.3 is 14.4 Å². The van der Waals surface area contributed by atoms with Crippen LogP contribution in [0.15, 0.2) is 0 Å². The molecule has 0 unspecified atom stereocenters. The maximum absolute atomic E-state index is 5.49. The highest BCUT2D eigenvalue weighted by Gasteiger charge is 2.19. The van der Waals surface area contributed by atoms with E-state index in [0.29, 0.717) is 0 Å². The topological polar surface area (TPSA) is 28.2 Å². The van der Waals surface area contributed by atoms with E-state index in [2.05, 4.69) is 14.7 Å². The van der Waals surface area contributed by atoms with E-state index in [-0.39, 0.29) is 0 Å².